The summed E-state index contributed by atoms with van der Waals surface area (Å²) in [7, 11) is 1.98. The van der Waals surface area contributed by atoms with E-state index in [-0.39, 0.29) is 6.10 Å². The smallest absolute Gasteiger partial charge is 0.0703 e. The van der Waals surface area contributed by atoms with Crippen molar-refractivity contribution in [2.75, 3.05) is 13.7 Å². The molecule has 1 N–H and O–H groups in total. The van der Waals surface area contributed by atoms with Crippen LogP contribution >= 0.6 is 0 Å². The fourth-order valence-electron chi connectivity index (χ4n) is 2.03. The van der Waals surface area contributed by atoms with Gasteiger partial charge in [0, 0.05) is 31.3 Å². The summed E-state index contributed by atoms with van der Waals surface area (Å²) in [6.45, 7) is 9.26. The van der Waals surface area contributed by atoms with Gasteiger partial charge in [-0.15, -0.1) is 0 Å². The Morgan fingerprint density at radius 1 is 1.39 bits per heavy atom. The molecule has 3 unspecified atom stereocenters. The maximum atomic E-state index is 5.65. The van der Waals surface area contributed by atoms with Gasteiger partial charge in [0.1, 0.15) is 0 Å². The number of nitrogens with one attached hydrogen (secondary N) is 1. The number of likely N-dealkylation sites (N-methyl/N-ethyl adjacent to an activating group) is 1. The van der Waals surface area contributed by atoms with Crippen molar-refractivity contribution in [3.8, 4) is 0 Å². The van der Waals surface area contributed by atoms with Crippen LogP contribution in [0.15, 0.2) is 12.3 Å². The average molecular weight is 253 g/mol. The lowest BCUT2D eigenvalue weighted by Crippen LogP contribution is -2.39. The molecule has 1 rings (SSSR count). The Morgan fingerprint density at radius 3 is 2.67 bits per heavy atom. The van der Waals surface area contributed by atoms with Crippen molar-refractivity contribution in [2.24, 2.45) is 0 Å². The molecule has 4 heteroatoms. The van der Waals surface area contributed by atoms with Crippen molar-refractivity contribution in [3.63, 3.8) is 0 Å². The van der Waals surface area contributed by atoms with E-state index in [0.717, 1.165) is 25.1 Å². The minimum absolute atomic E-state index is 0.203. The van der Waals surface area contributed by atoms with Crippen molar-refractivity contribution >= 4 is 0 Å². The van der Waals surface area contributed by atoms with Crippen molar-refractivity contribution in [2.45, 2.75) is 58.7 Å². The Bertz CT molecular complexity index is 338. The van der Waals surface area contributed by atoms with Gasteiger partial charge >= 0.3 is 0 Å². The molecule has 4 nitrogen and oxygen atoms in total. The number of hydrogen-bond donors (Lipinski definition) is 1. The summed E-state index contributed by atoms with van der Waals surface area (Å²) in [5.41, 5.74) is 1.13. The Kier molecular flexibility index (Phi) is 6.36. The predicted octanol–water partition coefficient (Wildman–Crippen LogP) is 2.41. The molecule has 0 saturated heterocycles. The summed E-state index contributed by atoms with van der Waals surface area (Å²) in [6.07, 6.45) is 4.28. The Labute approximate surface area is 111 Å². The lowest BCUT2D eigenvalue weighted by molar-refractivity contribution is 0.0494. The molecule has 0 aliphatic heterocycles. The monoisotopic (exact) mass is 253 g/mol. The first-order valence-corrected chi connectivity index (χ1v) is 6.95. The third-order valence-corrected chi connectivity index (χ3v) is 3.50. The van der Waals surface area contributed by atoms with Crippen LogP contribution in [0.5, 0.6) is 0 Å². The van der Waals surface area contributed by atoms with Gasteiger partial charge in [0.05, 0.1) is 11.8 Å². The topological polar surface area (TPSA) is 39.1 Å². The van der Waals surface area contributed by atoms with Gasteiger partial charge in [0.2, 0.25) is 0 Å². The zero-order valence-electron chi connectivity index (χ0n) is 12.3. The van der Waals surface area contributed by atoms with Gasteiger partial charge in [-0.25, -0.2) is 0 Å². The average Bonchev–Trinajstić information content (AvgIpc) is 2.83. The first-order chi connectivity index (χ1) is 8.62. The van der Waals surface area contributed by atoms with E-state index in [4.69, 9.17) is 4.74 Å². The molecule has 0 radical (unpaired) electrons. The third kappa shape index (κ3) is 4.10. The second kappa shape index (κ2) is 7.54. The highest BCUT2D eigenvalue weighted by Gasteiger charge is 2.17. The van der Waals surface area contributed by atoms with E-state index < -0.39 is 0 Å². The van der Waals surface area contributed by atoms with Gasteiger partial charge in [0.25, 0.3) is 0 Å². The molecule has 0 aliphatic carbocycles. The molecule has 104 valence electrons. The van der Waals surface area contributed by atoms with Gasteiger partial charge in [-0.3, -0.25) is 4.68 Å². The highest BCUT2D eigenvalue weighted by molar-refractivity contribution is 5.03. The van der Waals surface area contributed by atoms with Crippen molar-refractivity contribution in [1.82, 2.24) is 15.1 Å². The minimum atomic E-state index is 0.203. The van der Waals surface area contributed by atoms with Gasteiger partial charge in [-0.1, -0.05) is 6.92 Å². The highest BCUT2D eigenvalue weighted by atomic mass is 16.5. The minimum Gasteiger partial charge on any atom is -0.377 e. The van der Waals surface area contributed by atoms with Crippen LogP contribution in [-0.4, -0.2) is 35.6 Å². The zero-order valence-corrected chi connectivity index (χ0v) is 12.3. The largest absolute Gasteiger partial charge is 0.377 e. The van der Waals surface area contributed by atoms with Gasteiger partial charge in [-0.05, 0) is 40.3 Å². The number of rotatable bonds is 8. The molecule has 0 aromatic carbocycles. The molecule has 18 heavy (non-hydrogen) atoms. The van der Waals surface area contributed by atoms with Crippen molar-refractivity contribution in [1.29, 1.82) is 0 Å². The molecule has 0 aliphatic rings. The van der Waals surface area contributed by atoms with E-state index in [1.165, 1.54) is 0 Å². The lowest BCUT2D eigenvalue weighted by atomic mass is 10.1. The van der Waals surface area contributed by atoms with E-state index in [0.29, 0.717) is 12.1 Å². The Morgan fingerprint density at radius 2 is 2.11 bits per heavy atom. The molecule has 3 atom stereocenters. The van der Waals surface area contributed by atoms with E-state index >= 15 is 0 Å². The van der Waals surface area contributed by atoms with Crippen LogP contribution in [-0.2, 0) is 11.2 Å². The molecule has 1 aromatic heterocycles. The van der Waals surface area contributed by atoms with E-state index in [1.807, 2.05) is 18.7 Å². The van der Waals surface area contributed by atoms with Crippen LogP contribution < -0.4 is 5.32 Å². The molecule has 0 bridgehead atoms. The Hall–Kier alpha value is -0.870. The zero-order chi connectivity index (χ0) is 13.5. The standard InChI is InChI=1S/C14H27N3O/c1-6-11(3)17-9-8-13(16-17)10-14(15-5)12(4)18-7-2/h8-9,11-12,14-15H,6-7,10H2,1-5H3. The summed E-state index contributed by atoms with van der Waals surface area (Å²) >= 11 is 0. The first-order valence-electron chi connectivity index (χ1n) is 6.95. The molecular weight excluding hydrogens is 226 g/mol. The Balaban J connectivity index is 2.61. The van der Waals surface area contributed by atoms with Gasteiger partial charge in [0.15, 0.2) is 0 Å². The third-order valence-electron chi connectivity index (χ3n) is 3.50. The second-order valence-electron chi connectivity index (χ2n) is 4.80. The van der Waals surface area contributed by atoms with Crippen molar-refractivity contribution in [3.05, 3.63) is 18.0 Å². The quantitative estimate of drug-likeness (QED) is 0.773. The normalized spacial score (nSPS) is 16.5. The first kappa shape index (κ1) is 15.2. The molecule has 0 spiro atoms. The van der Waals surface area contributed by atoms with Crippen LogP contribution in [0.3, 0.4) is 0 Å². The fourth-order valence-corrected chi connectivity index (χ4v) is 2.03. The summed E-state index contributed by atoms with van der Waals surface area (Å²) in [5.74, 6) is 0. The van der Waals surface area contributed by atoms with E-state index in [1.54, 1.807) is 0 Å². The summed E-state index contributed by atoms with van der Waals surface area (Å²) in [5, 5.41) is 7.95. The van der Waals surface area contributed by atoms with E-state index in [2.05, 4.69) is 43.4 Å². The van der Waals surface area contributed by atoms with Crippen LogP contribution in [0.25, 0.3) is 0 Å². The molecule has 1 aromatic rings. The SMILES string of the molecule is CCOC(C)C(Cc1ccn(C(C)CC)n1)NC. The van der Waals surface area contributed by atoms with Crippen LogP contribution in [0.2, 0.25) is 0 Å². The number of hydrogen-bond acceptors (Lipinski definition) is 3. The maximum Gasteiger partial charge on any atom is 0.0703 e. The highest BCUT2D eigenvalue weighted by Crippen LogP contribution is 2.11. The van der Waals surface area contributed by atoms with E-state index in [9.17, 15) is 0 Å². The molecular formula is C14H27N3O. The second-order valence-corrected chi connectivity index (χ2v) is 4.80. The number of ether oxygens (including phenoxy) is 1. The summed E-state index contributed by atoms with van der Waals surface area (Å²) < 4.78 is 7.69. The molecule has 0 saturated carbocycles. The molecule has 0 fully saturated rings. The summed E-state index contributed by atoms with van der Waals surface area (Å²) in [6, 6.07) is 2.89. The van der Waals surface area contributed by atoms with Crippen LogP contribution in [0, 0.1) is 0 Å². The maximum absolute atomic E-state index is 5.65. The number of aromatic nitrogens is 2. The predicted molar refractivity (Wildman–Crippen MR) is 74.9 cm³/mol. The fraction of sp³-hybridized carbons (Fsp3) is 0.786. The van der Waals surface area contributed by atoms with Crippen LogP contribution in [0.1, 0.15) is 45.9 Å². The van der Waals surface area contributed by atoms with Crippen molar-refractivity contribution < 1.29 is 4.74 Å². The molecule has 0 amide bonds. The summed E-state index contributed by atoms with van der Waals surface area (Å²) in [4.78, 5) is 0. The van der Waals surface area contributed by atoms with Gasteiger partial charge in [-0.2, -0.15) is 5.10 Å². The van der Waals surface area contributed by atoms with Gasteiger partial charge < -0.3 is 10.1 Å². The molecule has 1 heterocycles. The van der Waals surface area contributed by atoms with Crippen LogP contribution in [0.4, 0.5) is 0 Å². The number of nitrogens with zero attached hydrogens (tertiary/aromatic N) is 2. The lowest BCUT2D eigenvalue weighted by Gasteiger charge is -2.22.